The SMILES string of the molecule is CC(=O)OC[C@@H](OC(C)=O)[C@@H](OC(C)=O)[C@H](OC(C)=O)C(CNC(=O)CCCCCCCCCCC(=O)Cl)OC(C)=O. The van der Waals surface area contributed by atoms with Crippen molar-refractivity contribution in [1.82, 2.24) is 5.32 Å². The number of unbranched alkanes of at least 4 members (excludes halogenated alkanes) is 7. The molecular formula is C28H44ClNO12. The second-order valence-electron chi connectivity index (χ2n) is 9.73. The van der Waals surface area contributed by atoms with Crippen LogP contribution in [0.4, 0.5) is 0 Å². The van der Waals surface area contributed by atoms with Crippen molar-refractivity contribution in [2.24, 2.45) is 0 Å². The Hall–Kier alpha value is -3.22. The number of esters is 5. The van der Waals surface area contributed by atoms with Gasteiger partial charge >= 0.3 is 29.8 Å². The number of rotatable bonds is 22. The Morgan fingerprint density at radius 1 is 0.548 bits per heavy atom. The number of carbonyl (C=O) groups is 7. The van der Waals surface area contributed by atoms with Gasteiger partial charge in [0.05, 0.1) is 6.54 Å². The van der Waals surface area contributed by atoms with Crippen molar-refractivity contribution in [2.75, 3.05) is 13.2 Å². The van der Waals surface area contributed by atoms with Gasteiger partial charge in [-0.2, -0.15) is 0 Å². The van der Waals surface area contributed by atoms with Crippen molar-refractivity contribution in [2.45, 2.75) is 123 Å². The van der Waals surface area contributed by atoms with Gasteiger partial charge in [-0.3, -0.25) is 33.6 Å². The van der Waals surface area contributed by atoms with Crippen LogP contribution in [0.15, 0.2) is 0 Å². The van der Waals surface area contributed by atoms with Gasteiger partial charge in [0.2, 0.25) is 11.1 Å². The Morgan fingerprint density at radius 2 is 0.952 bits per heavy atom. The van der Waals surface area contributed by atoms with Gasteiger partial charge in [-0.05, 0) is 24.4 Å². The van der Waals surface area contributed by atoms with Crippen LogP contribution in [0, 0.1) is 0 Å². The fourth-order valence-electron chi connectivity index (χ4n) is 4.05. The minimum atomic E-state index is -1.56. The zero-order chi connectivity index (χ0) is 32.1. The molecule has 0 spiro atoms. The van der Waals surface area contributed by atoms with E-state index in [4.69, 9.17) is 35.3 Å². The van der Waals surface area contributed by atoms with E-state index in [9.17, 15) is 33.6 Å². The van der Waals surface area contributed by atoms with Crippen molar-refractivity contribution in [3.05, 3.63) is 0 Å². The van der Waals surface area contributed by atoms with Gasteiger partial charge < -0.3 is 29.0 Å². The molecule has 0 bridgehead atoms. The van der Waals surface area contributed by atoms with E-state index in [2.05, 4.69) is 5.32 Å². The molecule has 1 amide bonds. The lowest BCUT2D eigenvalue weighted by Gasteiger charge is -2.35. The van der Waals surface area contributed by atoms with E-state index < -0.39 is 60.9 Å². The highest BCUT2D eigenvalue weighted by molar-refractivity contribution is 6.63. The quantitative estimate of drug-likeness (QED) is 0.0809. The van der Waals surface area contributed by atoms with Crippen LogP contribution in [0.5, 0.6) is 0 Å². The van der Waals surface area contributed by atoms with E-state index >= 15 is 0 Å². The van der Waals surface area contributed by atoms with Crippen LogP contribution in [-0.2, 0) is 57.2 Å². The summed E-state index contributed by atoms with van der Waals surface area (Å²) in [5.41, 5.74) is 0. The lowest BCUT2D eigenvalue weighted by molar-refractivity contribution is -0.202. The molecule has 13 nitrogen and oxygen atoms in total. The maximum absolute atomic E-state index is 12.5. The highest BCUT2D eigenvalue weighted by Crippen LogP contribution is 2.20. The first-order valence-corrected chi connectivity index (χ1v) is 14.4. The summed E-state index contributed by atoms with van der Waals surface area (Å²) in [6, 6.07) is 0. The van der Waals surface area contributed by atoms with Crippen LogP contribution in [0.25, 0.3) is 0 Å². The van der Waals surface area contributed by atoms with Crippen LogP contribution in [0.1, 0.15) is 98.8 Å². The van der Waals surface area contributed by atoms with Crippen molar-refractivity contribution >= 4 is 52.6 Å². The summed E-state index contributed by atoms with van der Waals surface area (Å²) in [5, 5.41) is 2.32. The molecule has 0 fully saturated rings. The first-order valence-electron chi connectivity index (χ1n) is 14.0. The number of amides is 1. The fraction of sp³-hybridized carbons (Fsp3) is 0.750. The molecule has 14 heteroatoms. The van der Waals surface area contributed by atoms with Crippen LogP contribution < -0.4 is 5.32 Å². The molecule has 0 saturated carbocycles. The summed E-state index contributed by atoms with van der Waals surface area (Å²) in [7, 11) is 0. The average molecular weight is 622 g/mol. The predicted molar refractivity (Wildman–Crippen MR) is 149 cm³/mol. The number of hydrogen-bond acceptors (Lipinski definition) is 12. The third-order valence-corrected chi connectivity index (χ3v) is 5.96. The Kier molecular flexibility index (Phi) is 20.7. The summed E-state index contributed by atoms with van der Waals surface area (Å²) in [6.07, 6.45) is 1.84. The summed E-state index contributed by atoms with van der Waals surface area (Å²) < 4.78 is 26.1. The number of carbonyl (C=O) groups excluding carboxylic acids is 7. The van der Waals surface area contributed by atoms with Crippen LogP contribution in [-0.4, -0.2) is 78.6 Å². The molecule has 1 N–H and O–H groups in total. The highest BCUT2D eigenvalue weighted by atomic mass is 35.5. The number of halogens is 1. The van der Waals surface area contributed by atoms with E-state index in [0.29, 0.717) is 12.8 Å². The second-order valence-corrected chi connectivity index (χ2v) is 10.2. The van der Waals surface area contributed by atoms with Gasteiger partial charge in [-0.1, -0.05) is 38.5 Å². The number of ether oxygens (including phenoxy) is 5. The second kappa shape index (κ2) is 22.4. The number of hydrogen-bond donors (Lipinski definition) is 1. The van der Waals surface area contributed by atoms with Gasteiger partial charge in [-0.25, -0.2) is 0 Å². The molecule has 0 saturated heterocycles. The first-order chi connectivity index (χ1) is 19.7. The van der Waals surface area contributed by atoms with E-state index in [1.54, 1.807) is 0 Å². The third kappa shape index (κ3) is 20.6. The minimum Gasteiger partial charge on any atom is -0.462 e. The summed E-state index contributed by atoms with van der Waals surface area (Å²) in [5.74, 6) is -4.37. The van der Waals surface area contributed by atoms with Crippen molar-refractivity contribution in [1.29, 1.82) is 0 Å². The molecule has 4 atom stereocenters. The predicted octanol–water partition coefficient (Wildman–Crippen LogP) is 3.06. The lowest BCUT2D eigenvalue weighted by atomic mass is 10.0. The lowest BCUT2D eigenvalue weighted by Crippen LogP contribution is -2.55. The van der Waals surface area contributed by atoms with Crippen molar-refractivity contribution < 1.29 is 57.2 Å². The molecule has 0 aliphatic heterocycles. The zero-order valence-electron chi connectivity index (χ0n) is 25.1. The van der Waals surface area contributed by atoms with E-state index in [0.717, 1.165) is 79.6 Å². The van der Waals surface area contributed by atoms with E-state index in [-0.39, 0.29) is 24.1 Å². The van der Waals surface area contributed by atoms with E-state index in [1.807, 2.05) is 0 Å². The molecule has 0 aromatic carbocycles. The Morgan fingerprint density at radius 3 is 1.38 bits per heavy atom. The van der Waals surface area contributed by atoms with Crippen LogP contribution >= 0.6 is 11.6 Å². The minimum absolute atomic E-state index is 0.193. The maximum atomic E-state index is 12.5. The molecule has 0 rings (SSSR count). The maximum Gasteiger partial charge on any atom is 0.303 e. The average Bonchev–Trinajstić information content (AvgIpc) is 2.86. The van der Waals surface area contributed by atoms with Crippen LogP contribution in [0.3, 0.4) is 0 Å². The van der Waals surface area contributed by atoms with E-state index in [1.165, 1.54) is 0 Å². The Balaban J connectivity index is 5.34. The fourth-order valence-corrected chi connectivity index (χ4v) is 4.19. The first kappa shape index (κ1) is 38.8. The molecule has 1 unspecified atom stereocenters. The van der Waals surface area contributed by atoms with Crippen LogP contribution in [0.2, 0.25) is 0 Å². The monoisotopic (exact) mass is 621 g/mol. The van der Waals surface area contributed by atoms with Gasteiger partial charge in [0.25, 0.3) is 0 Å². The molecule has 0 radical (unpaired) electrons. The molecule has 0 aliphatic carbocycles. The Labute approximate surface area is 251 Å². The molecule has 0 aromatic heterocycles. The zero-order valence-corrected chi connectivity index (χ0v) is 25.8. The molecule has 0 heterocycles. The normalized spacial score (nSPS) is 13.5. The van der Waals surface area contributed by atoms with Crippen molar-refractivity contribution in [3.8, 4) is 0 Å². The smallest absolute Gasteiger partial charge is 0.303 e. The topological polar surface area (TPSA) is 178 Å². The van der Waals surface area contributed by atoms with Crippen molar-refractivity contribution in [3.63, 3.8) is 0 Å². The number of nitrogens with one attached hydrogen (secondary N) is 1. The molecule has 0 aliphatic rings. The summed E-state index contributed by atoms with van der Waals surface area (Å²) in [4.78, 5) is 82.3. The molecular weight excluding hydrogens is 578 g/mol. The standard InChI is InChI=1S/C28H44ClNO12/c1-18(31)38-17-24(40-20(3)33)28(42-22(5)35)27(41-21(4)34)23(39-19(2)32)16-30-26(37)15-13-11-9-7-6-8-10-12-14-25(29)36/h23-24,27-28H,6-17H2,1-5H3,(H,30,37)/t23?,24-,27-,28-/m1/s1. The summed E-state index contributed by atoms with van der Waals surface area (Å²) >= 11 is 5.32. The Bertz CT molecular complexity index is 909. The van der Waals surface area contributed by atoms with Gasteiger partial charge in [0.15, 0.2) is 24.4 Å². The highest BCUT2D eigenvalue weighted by Gasteiger charge is 2.44. The molecule has 0 aromatic rings. The molecule has 240 valence electrons. The van der Waals surface area contributed by atoms with Gasteiger partial charge in [0.1, 0.15) is 6.61 Å². The molecule has 42 heavy (non-hydrogen) atoms. The van der Waals surface area contributed by atoms with Gasteiger partial charge in [-0.15, -0.1) is 0 Å². The largest absolute Gasteiger partial charge is 0.462 e. The van der Waals surface area contributed by atoms with Gasteiger partial charge in [0, 0.05) is 47.5 Å². The summed E-state index contributed by atoms with van der Waals surface area (Å²) in [6.45, 7) is 4.52. The third-order valence-electron chi connectivity index (χ3n) is 5.77.